The maximum absolute atomic E-state index is 11.3. The van der Waals surface area contributed by atoms with Gasteiger partial charge in [0.25, 0.3) is 0 Å². The second-order valence-corrected chi connectivity index (χ2v) is 4.61. The van der Waals surface area contributed by atoms with Crippen LogP contribution in [0.15, 0.2) is 0 Å². The van der Waals surface area contributed by atoms with Gasteiger partial charge in [-0.25, -0.2) is 0 Å². The Kier molecular flexibility index (Phi) is 6.47. The van der Waals surface area contributed by atoms with Gasteiger partial charge in [0.15, 0.2) is 0 Å². The Labute approximate surface area is 103 Å². The number of esters is 1. The number of hydrogen-bond acceptors (Lipinski definition) is 5. The van der Waals surface area contributed by atoms with Crippen LogP contribution in [0.2, 0.25) is 0 Å². The summed E-state index contributed by atoms with van der Waals surface area (Å²) in [5.74, 6) is 0.223. The molecule has 1 aliphatic heterocycles. The van der Waals surface area contributed by atoms with Crippen molar-refractivity contribution in [1.82, 2.24) is 10.2 Å². The van der Waals surface area contributed by atoms with E-state index in [1.807, 2.05) is 0 Å². The molecule has 100 valence electrons. The van der Waals surface area contributed by atoms with Crippen LogP contribution >= 0.6 is 0 Å². The molecule has 2 unspecified atom stereocenters. The molecule has 0 amide bonds. The van der Waals surface area contributed by atoms with E-state index in [1.54, 1.807) is 0 Å². The van der Waals surface area contributed by atoms with Crippen molar-refractivity contribution in [2.24, 2.45) is 5.92 Å². The van der Waals surface area contributed by atoms with Gasteiger partial charge in [0.1, 0.15) is 0 Å². The monoisotopic (exact) mass is 244 g/mol. The lowest BCUT2D eigenvalue weighted by atomic mass is 9.91. The summed E-state index contributed by atoms with van der Waals surface area (Å²) in [6.07, 6.45) is 1.47. The van der Waals surface area contributed by atoms with Gasteiger partial charge in [-0.15, -0.1) is 0 Å². The van der Waals surface area contributed by atoms with Gasteiger partial charge in [-0.1, -0.05) is 6.92 Å². The Balaban J connectivity index is 2.44. The van der Waals surface area contributed by atoms with Crippen LogP contribution in [0, 0.1) is 5.92 Å². The standard InChI is InChI=1S/C12H24N2O3/c1-3-14-8-10(7-12(16)17-2)6-11(9-14)13-4-5-15/h10-11,13,15H,3-9H2,1-2H3. The number of carbonyl (C=O) groups is 1. The molecule has 1 rings (SSSR count). The predicted molar refractivity (Wildman–Crippen MR) is 65.7 cm³/mol. The van der Waals surface area contributed by atoms with Crippen molar-refractivity contribution < 1.29 is 14.6 Å². The Morgan fingerprint density at radius 3 is 2.88 bits per heavy atom. The van der Waals surface area contributed by atoms with Crippen LogP contribution in [0.5, 0.6) is 0 Å². The smallest absolute Gasteiger partial charge is 0.305 e. The molecule has 2 N–H and O–H groups in total. The normalized spacial score (nSPS) is 25.8. The second-order valence-electron chi connectivity index (χ2n) is 4.61. The molecule has 5 nitrogen and oxygen atoms in total. The van der Waals surface area contributed by atoms with Gasteiger partial charge < -0.3 is 20.1 Å². The van der Waals surface area contributed by atoms with E-state index in [1.165, 1.54) is 7.11 Å². The highest BCUT2D eigenvalue weighted by molar-refractivity contribution is 5.69. The van der Waals surface area contributed by atoms with E-state index in [9.17, 15) is 4.79 Å². The molecule has 1 aliphatic rings. The summed E-state index contributed by atoms with van der Waals surface area (Å²) in [4.78, 5) is 13.6. The number of hydrogen-bond donors (Lipinski definition) is 2. The molecule has 0 aromatic carbocycles. The average Bonchev–Trinajstić information content (AvgIpc) is 2.35. The summed E-state index contributed by atoms with van der Waals surface area (Å²) in [6, 6.07) is 0.366. The van der Waals surface area contributed by atoms with Crippen LogP contribution in [0.1, 0.15) is 19.8 Å². The fourth-order valence-electron chi connectivity index (χ4n) is 2.44. The van der Waals surface area contributed by atoms with Crippen molar-refractivity contribution in [3.63, 3.8) is 0 Å². The Bertz CT molecular complexity index is 236. The summed E-state index contributed by atoms with van der Waals surface area (Å²) in [5, 5.41) is 12.1. The molecule has 5 heteroatoms. The highest BCUT2D eigenvalue weighted by Crippen LogP contribution is 2.20. The molecule has 0 aliphatic carbocycles. The number of ether oxygens (including phenoxy) is 1. The number of aliphatic hydroxyl groups is 1. The van der Waals surface area contributed by atoms with Gasteiger partial charge >= 0.3 is 5.97 Å². The number of carbonyl (C=O) groups excluding carboxylic acids is 1. The van der Waals surface area contributed by atoms with Gasteiger partial charge in [-0.3, -0.25) is 4.79 Å². The SMILES string of the molecule is CCN1CC(CC(=O)OC)CC(NCCO)C1. The minimum absolute atomic E-state index is 0.131. The van der Waals surface area contributed by atoms with E-state index in [2.05, 4.69) is 17.1 Å². The quantitative estimate of drug-likeness (QED) is 0.636. The number of aliphatic hydroxyl groups excluding tert-OH is 1. The Morgan fingerprint density at radius 1 is 1.53 bits per heavy atom. The van der Waals surface area contributed by atoms with E-state index < -0.39 is 0 Å². The lowest BCUT2D eigenvalue weighted by molar-refractivity contribution is -0.142. The number of likely N-dealkylation sites (tertiary alicyclic amines) is 1. The Hall–Kier alpha value is -0.650. The molecular formula is C12H24N2O3. The first-order chi connectivity index (χ1) is 8.19. The number of nitrogens with zero attached hydrogens (tertiary/aromatic N) is 1. The molecule has 1 heterocycles. The lowest BCUT2D eigenvalue weighted by Gasteiger charge is -2.37. The zero-order valence-corrected chi connectivity index (χ0v) is 10.8. The third-order valence-corrected chi connectivity index (χ3v) is 3.29. The summed E-state index contributed by atoms with van der Waals surface area (Å²) in [6.45, 7) is 5.85. The molecule has 1 saturated heterocycles. The summed E-state index contributed by atoms with van der Waals surface area (Å²) in [5.41, 5.74) is 0. The summed E-state index contributed by atoms with van der Waals surface area (Å²) >= 11 is 0. The van der Waals surface area contributed by atoms with Gasteiger partial charge in [0.05, 0.1) is 13.7 Å². The van der Waals surface area contributed by atoms with E-state index >= 15 is 0 Å². The first-order valence-electron chi connectivity index (χ1n) is 6.33. The topological polar surface area (TPSA) is 61.8 Å². The van der Waals surface area contributed by atoms with Crippen LogP contribution in [-0.2, 0) is 9.53 Å². The zero-order valence-electron chi connectivity index (χ0n) is 10.8. The molecule has 17 heavy (non-hydrogen) atoms. The fourth-order valence-corrected chi connectivity index (χ4v) is 2.44. The number of likely N-dealkylation sites (N-methyl/N-ethyl adjacent to an activating group) is 1. The van der Waals surface area contributed by atoms with Crippen LogP contribution in [0.25, 0.3) is 0 Å². The maximum Gasteiger partial charge on any atom is 0.305 e. The van der Waals surface area contributed by atoms with Crippen molar-refractivity contribution in [3.8, 4) is 0 Å². The average molecular weight is 244 g/mol. The molecule has 2 atom stereocenters. The number of piperidine rings is 1. The van der Waals surface area contributed by atoms with Crippen molar-refractivity contribution >= 4 is 5.97 Å². The van der Waals surface area contributed by atoms with Crippen molar-refractivity contribution in [2.45, 2.75) is 25.8 Å². The molecule has 0 radical (unpaired) electrons. The van der Waals surface area contributed by atoms with Crippen molar-refractivity contribution in [2.75, 3.05) is 39.9 Å². The van der Waals surface area contributed by atoms with Crippen molar-refractivity contribution in [1.29, 1.82) is 0 Å². The van der Waals surface area contributed by atoms with Crippen LogP contribution in [0.4, 0.5) is 0 Å². The third kappa shape index (κ3) is 5.02. The van der Waals surface area contributed by atoms with Gasteiger partial charge in [-0.2, -0.15) is 0 Å². The summed E-state index contributed by atoms with van der Waals surface area (Å²) < 4.78 is 4.72. The molecular weight excluding hydrogens is 220 g/mol. The molecule has 0 aromatic rings. The van der Waals surface area contributed by atoms with Crippen LogP contribution in [-0.4, -0.2) is 61.9 Å². The molecule has 0 bridgehead atoms. The Morgan fingerprint density at radius 2 is 2.29 bits per heavy atom. The first kappa shape index (κ1) is 14.4. The first-order valence-corrected chi connectivity index (χ1v) is 6.33. The largest absolute Gasteiger partial charge is 0.469 e. The number of methoxy groups -OCH3 is 1. The van der Waals surface area contributed by atoms with Gasteiger partial charge in [0.2, 0.25) is 0 Å². The second kappa shape index (κ2) is 7.63. The van der Waals surface area contributed by atoms with Crippen molar-refractivity contribution in [3.05, 3.63) is 0 Å². The molecule has 0 saturated carbocycles. The number of rotatable bonds is 6. The minimum Gasteiger partial charge on any atom is -0.469 e. The molecule has 0 spiro atoms. The van der Waals surface area contributed by atoms with Crippen LogP contribution in [0.3, 0.4) is 0 Å². The highest BCUT2D eigenvalue weighted by atomic mass is 16.5. The minimum atomic E-state index is -0.131. The lowest BCUT2D eigenvalue weighted by Crippen LogP contribution is -2.50. The van der Waals surface area contributed by atoms with Gasteiger partial charge in [0, 0.05) is 32.1 Å². The van der Waals surface area contributed by atoms with Gasteiger partial charge in [-0.05, 0) is 18.9 Å². The highest BCUT2D eigenvalue weighted by Gasteiger charge is 2.27. The maximum atomic E-state index is 11.3. The molecule has 1 fully saturated rings. The number of nitrogens with one attached hydrogen (secondary N) is 1. The predicted octanol–water partition coefficient (Wildman–Crippen LogP) is -0.158. The molecule has 0 aromatic heterocycles. The third-order valence-electron chi connectivity index (χ3n) is 3.29. The fraction of sp³-hybridized carbons (Fsp3) is 0.917. The van der Waals surface area contributed by atoms with E-state index in [0.717, 1.165) is 26.1 Å². The zero-order chi connectivity index (χ0) is 12.7. The van der Waals surface area contributed by atoms with E-state index in [-0.39, 0.29) is 12.6 Å². The summed E-state index contributed by atoms with van der Waals surface area (Å²) in [7, 11) is 1.43. The van der Waals surface area contributed by atoms with E-state index in [4.69, 9.17) is 9.84 Å². The van der Waals surface area contributed by atoms with E-state index in [0.29, 0.717) is 24.9 Å². The van der Waals surface area contributed by atoms with Crippen LogP contribution < -0.4 is 5.32 Å².